The summed E-state index contributed by atoms with van der Waals surface area (Å²) in [6.07, 6.45) is 2.23. The first-order valence-corrected chi connectivity index (χ1v) is 9.10. The molecule has 1 heterocycles. The fraction of sp³-hybridized carbons (Fsp3) is 0.160. The highest BCUT2D eigenvalue weighted by Gasteiger charge is 2.16. The molecule has 26 heavy (non-hydrogen) atoms. The van der Waals surface area contributed by atoms with Crippen LogP contribution in [0.1, 0.15) is 16.7 Å². The van der Waals surface area contributed by atoms with Gasteiger partial charge in [-0.3, -0.25) is 0 Å². The Hall–Kier alpha value is -2.93. The number of pyridine rings is 1. The van der Waals surface area contributed by atoms with E-state index in [0.29, 0.717) is 0 Å². The number of benzene rings is 3. The molecule has 3 aromatic carbocycles. The van der Waals surface area contributed by atoms with Gasteiger partial charge in [-0.1, -0.05) is 54.1 Å². The fourth-order valence-corrected chi connectivity index (χ4v) is 3.75. The van der Waals surface area contributed by atoms with E-state index in [9.17, 15) is 0 Å². The first-order chi connectivity index (χ1) is 12.5. The zero-order valence-corrected chi connectivity index (χ0v) is 15.9. The van der Waals surface area contributed by atoms with Crippen molar-refractivity contribution in [3.8, 4) is 22.4 Å². The van der Waals surface area contributed by atoms with Gasteiger partial charge in [0.2, 0.25) is 5.69 Å². The molecule has 0 amide bonds. The van der Waals surface area contributed by atoms with Gasteiger partial charge in [0.25, 0.3) is 0 Å². The standard InChI is InChI=1S/C25H24N/c1-17-9-10-21-14-22(12-11-20(21)13-17)24-15-25(26(4)16-19(24)3)23-8-6-5-7-18(23)2/h5-16H,1-4H3/q+1. The van der Waals surface area contributed by atoms with E-state index >= 15 is 0 Å². The third kappa shape index (κ3) is 2.90. The van der Waals surface area contributed by atoms with Crippen LogP contribution >= 0.6 is 0 Å². The van der Waals surface area contributed by atoms with Crippen molar-refractivity contribution in [3.05, 3.63) is 89.6 Å². The molecular formula is C25H24N+. The van der Waals surface area contributed by atoms with Gasteiger partial charge in [0.15, 0.2) is 6.20 Å². The molecule has 0 unspecified atom stereocenters. The first kappa shape index (κ1) is 16.5. The van der Waals surface area contributed by atoms with E-state index in [-0.39, 0.29) is 0 Å². The predicted molar refractivity (Wildman–Crippen MR) is 110 cm³/mol. The van der Waals surface area contributed by atoms with Crippen molar-refractivity contribution in [3.63, 3.8) is 0 Å². The molecule has 128 valence electrons. The van der Waals surface area contributed by atoms with Crippen molar-refractivity contribution in [1.82, 2.24) is 0 Å². The molecule has 0 aliphatic rings. The lowest BCUT2D eigenvalue weighted by Crippen LogP contribution is -2.31. The van der Waals surface area contributed by atoms with E-state index < -0.39 is 0 Å². The minimum Gasteiger partial charge on any atom is -0.201 e. The van der Waals surface area contributed by atoms with Crippen LogP contribution in [0, 0.1) is 20.8 Å². The summed E-state index contributed by atoms with van der Waals surface area (Å²) in [5.74, 6) is 0. The Morgan fingerprint density at radius 3 is 2.19 bits per heavy atom. The first-order valence-electron chi connectivity index (χ1n) is 9.10. The van der Waals surface area contributed by atoms with Gasteiger partial charge < -0.3 is 0 Å². The Bertz CT molecular complexity index is 1120. The molecule has 0 saturated carbocycles. The van der Waals surface area contributed by atoms with Gasteiger partial charge in [0, 0.05) is 17.2 Å². The summed E-state index contributed by atoms with van der Waals surface area (Å²) in [5, 5.41) is 2.59. The molecule has 0 spiro atoms. The predicted octanol–water partition coefficient (Wildman–Crippen LogP) is 5.92. The minimum atomic E-state index is 1.24. The Kier molecular flexibility index (Phi) is 4.08. The smallest absolute Gasteiger partial charge is 0.201 e. The second kappa shape index (κ2) is 6.42. The maximum atomic E-state index is 2.33. The number of fused-ring (bicyclic) bond motifs is 1. The van der Waals surface area contributed by atoms with Crippen molar-refractivity contribution in [2.75, 3.05) is 0 Å². The van der Waals surface area contributed by atoms with E-state index in [4.69, 9.17) is 0 Å². The van der Waals surface area contributed by atoms with Crippen molar-refractivity contribution in [1.29, 1.82) is 0 Å². The van der Waals surface area contributed by atoms with Crippen molar-refractivity contribution < 1.29 is 4.57 Å². The minimum absolute atomic E-state index is 1.24. The Morgan fingerprint density at radius 1 is 0.654 bits per heavy atom. The summed E-state index contributed by atoms with van der Waals surface area (Å²) in [6.45, 7) is 6.51. The summed E-state index contributed by atoms with van der Waals surface area (Å²) in [7, 11) is 2.13. The Balaban J connectivity index is 1.91. The lowest BCUT2D eigenvalue weighted by Gasteiger charge is -2.11. The number of hydrogen-bond acceptors (Lipinski definition) is 0. The SMILES string of the molecule is Cc1ccc2cc(-c3cc(-c4ccccc4C)[n+](C)cc3C)ccc2c1. The third-order valence-electron chi connectivity index (χ3n) is 5.20. The fourth-order valence-electron chi connectivity index (χ4n) is 3.75. The average Bonchev–Trinajstić information content (AvgIpc) is 2.62. The Labute approximate surface area is 155 Å². The van der Waals surface area contributed by atoms with Crippen LogP contribution in [-0.4, -0.2) is 0 Å². The molecule has 0 saturated heterocycles. The summed E-state index contributed by atoms with van der Waals surface area (Å²) in [6, 6.07) is 24.3. The van der Waals surface area contributed by atoms with Crippen molar-refractivity contribution in [2.24, 2.45) is 7.05 Å². The van der Waals surface area contributed by atoms with E-state index in [0.717, 1.165) is 0 Å². The quantitative estimate of drug-likeness (QED) is 0.399. The lowest BCUT2D eigenvalue weighted by atomic mass is 9.95. The largest absolute Gasteiger partial charge is 0.213 e. The molecular weight excluding hydrogens is 314 g/mol. The van der Waals surface area contributed by atoms with Gasteiger partial charge in [-0.15, -0.1) is 0 Å². The summed E-state index contributed by atoms with van der Waals surface area (Å²) >= 11 is 0. The summed E-state index contributed by atoms with van der Waals surface area (Å²) in [5.41, 5.74) is 8.98. The van der Waals surface area contributed by atoms with Crippen LogP contribution in [0.25, 0.3) is 33.2 Å². The van der Waals surface area contributed by atoms with Gasteiger partial charge in [0.05, 0.1) is 0 Å². The average molecular weight is 338 g/mol. The van der Waals surface area contributed by atoms with Crippen LogP contribution < -0.4 is 4.57 Å². The molecule has 1 aromatic heterocycles. The molecule has 4 rings (SSSR count). The normalized spacial score (nSPS) is 11.1. The van der Waals surface area contributed by atoms with Gasteiger partial charge in [0.1, 0.15) is 7.05 Å². The summed E-state index contributed by atoms with van der Waals surface area (Å²) in [4.78, 5) is 0. The van der Waals surface area contributed by atoms with Crippen LogP contribution in [0.4, 0.5) is 0 Å². The molecule has 0 N–H and O–H groups in total. The van der Waals surface area contributed by atoms with Crippen molar-refractivity contribution >= 4 is 10.8 Å². The highest BCUT2D eigenvalue weighted by atomic mass is 14.9. The molecule has 0 aliphatic carbocycles. The van der Waals surface area contributed by atoms with Gasteiger partial charge >= 0.3 is 0 Å². The molecule has 0 aliphatic heterocycles. The van der Waals surface area contributed by atoms with E-state index in [2.05, 4.69) is 105 Å². The Morgan fingerprint density at radius 2 is 1.38 bits per heavy atom. The molecule has 0 radical (unpaired) electrons. The van der Waals surface area contributed by atoms with E-state index in [1.807, 2.05) is 0 Å². The summed E-state index contributed by atoms with van der Waals surface area (Å²) < 4.78 is 2.23. The lowest BCUT2D eigenvalue weighted by molar-refractivity contribution is -0.660. The van der Waals surface area contributed by atoms with Crippen molar-refractivity contribution in [2.45, 2.75) is 20.8 Å². The molecule has 1 heteroatoms. The van der Waals surface area contributed by atoms with Gasteiger partial charge in [-0.25, -0.2) is 4.57 Å². The molecule has 0 fully saturated rings. The van der Waals surface area contributed by atoms with Gasteiger partial charge in [-0.05, 0) is 60.4 Å². The highest BCUT2D eigenvalue weighted by Crippen LogP contribution is 2.30. The second-order valence-corrected chi connectivity index (χ2v) is 7.25. The number of rotatable bonds is 2. The van der Waals surface area contributed by atoms with E-state index in [1.54, 1.807) is 0 Å². The zero-order chi connectivity index (χ0) is 18.3. The zero-order valence-electron chi connectivity index (χ0n) is 15.9. The van der Waals surface area contributed by atoms with Crippen LogP contribution in [0.3, 0.4) is 0 Å². The van der Waals surface area contributed by atoms with E-state index in [1.165, 1.54) is 49.8 Å². The highest BCUT2D eigenvalue weighted by molar-refractivity contribution is 5.88. The van der Waals surface area contributed by atoms with Crippen LogP contribution in [-0.2, 0) is 7.05 Å². The maximum Gasteiger partial charge on any atom is 0.213 e. The second-order valence-electron chi connectivity index (χ2n) is 7.25. The number of aromatic nitrogens is 1. The maximum absolute atomic E-state index is 2.33. The van der Waals surface area contributed by atoms with Crippen LogP contribution in [0.2, 0.25) is 0 Å². The molecule has 4 aromatic rings. The number of hydrogen-bond donors (Lipinski definition) is 0. The van der Waals surface area contributed by atoms with Crippen LogP contribution in [0.5, 0.6) is 0 Å². The number of nitrogens with zero attached hydrogens (tertiary/aromatic N) is 1. The topological polar surface area (TPSA) is 3.88 Å². The monoisotopic (exact) mass is 338 g/mol. The van der Waals surface area contributed by atoms with Crippen LogP contribution in [0.15, 0.2) is 72.9 Å². The van der Waals surface area contributed by atoms with Gasteiger partial charge in [-0.2, -0.15) is 0 Å². The molecule has 0 atom stereocenters. The third-order valence-corrected chi connectivity index (χ3v) is 5.20. The number of aryl methyl sites for hydroxylation is 4. The molecule has 1 nitrogen and oxygen atoms in total. The molecule has 0 bridgehead atoms.